The number of aryl methyl sites for hydroxylation is 1. The molecule has 1 amide bonds. The summed E-state index contributed by atoms with van der Waals surface area (Å²) >= 11 is 5.68. The fraction of sp³-hybridized carbons (Fsp3) is 0.375. The molecular weight excluding hydrogens is 397 g/mol. The van der Waals surface area contributed by atoms with E-state index in [-0.39, 0.29) is 11.4 Å². The van der Waals surface area contributed by atoms with Crippen LogP contribution in [0.4, 0.5) is 27.6 Å². The number of aromatic nitrogens is 2. The van der Waals surface area contributed by atoms with Gasteiger partial charge in [-0.1, -0.05) is 11.6 Å². The molecular formula is C16H15ClF5N3O2. The zero-order valence-corrected chi connectivity index (χ0v) is 15.1. The predicted molar refractivity (Wildman–Crippen MR) is 88.1 cm³/mol. The monoisotopic (exact) mass is 411 g/mol. The summed E-state index contributed by atoms with van der Waals surface area (Å²) < 4.78 is 68.3. The molecule has 0 radical (unpaired) electrons. The molecule has 0 saturated heterocycles. The Kier molecular flexibility index (Phi) is 5.98. The van der Waals surface area contributed by atoms with Crippen molar-refractivity contribution >= 4 is 23.2 Å². The van der Waals surface area contributed by atoms with Crippen LogP contribution >= 0.6 is 11.6 Å². The minimum absolute atomic E-state index is 0.0101. The van der Waals surface area contributed by atoms with Gasteiger partial charge in [0.25, 0.3) is 0 Å². The molecule has 1 aromatic carbocycles. The molecule has 148 valence electrons. The normalized spacial score (nSPS) is 13.0. The molecule has 1 unspecified atom stereocenters. The van der Waals surface area contributed by atoms with Crippen LogP contribution in [-0.4, -0.2) is 22.3 Å². The highest BCUT2D eigenvalue weighted by Crippen LogP contribution is 2.36. The molecule has 5 nitrogen and oxygen atoms in total. The van der Waals surface area contributed by atoms with E-state index in [0.29, 0.717) is 11.3 Å². The van der Waals surface area contributed by atoms with Gasteiger partial charge in [0.1, 0.15) is 11.8 Å². The van der Waals surface area contributed by atoms with E-state index in [1.54, 1.807) is 6.92 Å². The number of anilines is 1. The molecule has 0 aliphatic heterocycles. The highest BCUT2D eigenvalue weighted by atomic mass is 35.5. The van der Waals surface area contributed by atoms with E-state index in [1.165, 1.54) is 32.0 Å². The minimum atomic E-state index is -4.75. The second-order valence-corrected chi connectivity index (χ2v) is 6.09. The van der Waals surface area contributed by atoms with Gasteiger partial charge in [0.2, 0.25) is 5.91 Å². The Labute approximate surface area is 156 Å². The van der Waals surface area contributed by atoms with Crippen molar-refractivity contribution < 1.29 is 31.5 Å². The first-order valence-corrected chi connectivity index (χ1v) is 7.97. The minimum Gasteiger partial charge on any atom is -0.435 e. The van der Waals surface area contributed by atoms with Crippen molar-refractivity contribution in [1.29, 1.82) is 0 Å². The average Bonchev–Trinajstić information content (AvgIpc) is 2.84. The highest BCUT2D eigenvalue weighted by Gasteiger charge is 2.39. The SMILES string of the molecule is Cc1cc(OC(F)F)ccc1NC(=O)C(C)n1nc(C(F)(F)F)c(Cl)c1C. The maximum atomic E-state index is 12.9. The molecule has 11 heteroatoms. The van der Waals surface area contributed by atoms with Crippen LogP contribution in [0.5, 0.6) is 5.75 Å². The molecule has 1 aromatic heterocycles. The van der Waals surface area contributed by atoms with Crippen LogP contribution in [0.15, 0.2) is 18.2 Å². The van der Waals surface area contributed by atoms with Crippen LogP contribution in [0.3, 0.4) is 0 Å². The van der Waals surface area contributed by atoms with Crippen LogP contribution in [-0.2, 0) is 11.0 Å². The number of halogens is 6. The summed E-state index contributed by atoms with van der Waals surface area (Å²) in [6.07, 6.45) is -4.75. The van der Waals surface area contributed by atoms with Gasteiger partial charge in [0, 0.05) is 5.69 Å². The predicted octanol–water partition coefficient (Wildman–Crippen LogP) is 4.97. The number of carbonyl (C=O) groups is 1. The molecule has 1 atom stereocenters. The first kappa shape index (κ1) is 20.9. The standard InChI is InChI=1S/C16H15ClF5N3O2/c1-7-6-10(27-15(18)19)4-5-11(7)23-14(26)9(3)25-8(2)12(17)13(24-25)16(20,21)22/h4-6,9,15H,1-3H3,(H,23,26). The average molecular weight is 412 g/mol. The number of nitrogens with zero attached hydrogens (tertiary/aromatic N) is 2. The van der Waals surface area contributed by atoms with Gasteiger partial charge in [-0.3, -0.25) is 9.48 Å². The lowest BCUT2D eigenvalue weighted by Gasteiger charge is -2.16. The van der Waals surface area contributed by atoms with Gasteiger partial charge < -0.3 is 10.1 Å². The van der Waals surface area contributed by atoms with Crippen LogP contribution in [0, 0.1) is 13.8 Å². The first-order valence-electron chi connectivity index (χ1n) is 7.60. The maximum absolute atomic E-state index is 12.9. The lowest BCUT2D eigenvalue weighted by atomic mass is 10.2. The third-order valence-corrected chi connectivity index (χ3v) is 4.23. The van der Waals surface area contributed by atoms with Crippen molar-refractivity contribution in [1.82, 2.24) is 9.78 Å². The lowest BCUT2D eigenvalue weighted by Crippen LogP contribution is -2.26. The van der Waals surface area contributed by atoms with Gasteiger partial charge in [0.05, 0.1) is 10.7 Å². The summed E-state index contributed by atoms with van der Waals surface area (Å²) in [6, 6.07) is 2.78. The fourth-order valence-corrected chi connectivity index (χ4v) is 2.59. The Hall–Kier alpha value is -2.36. The Morgan fingerprint density at radius 3 is 2.41 bits per heavy atom. The number of rotatable bonds is 5. The Bertz CT molecular complexity index is 851. The first-order chi connectivity index (χ1) is 12.4. The summed E-state index contributed by atoms with van der Waals surface area (Å²) in [6.45, 7) is 1.24. The van der Waals surface area contributed by atoms with Crippen molar-refractivity contribution in [2.45, 2.75) is 39.6 Å². The topological polar surface area (TPSA) is 56.1 Å². The third kappa shape index (κ3) is 4.68. The van der Waals surface area contributed by atoms with Crippen molar-refractivity contribution in [3.63, 3.8) is 0 Å². The second-order valence-electron chi connectivity index (χ2n) is 5.71. The van der Waals surface area contributed by atoms with E-state index in [0.717, 1.165) is 4.68 Å². The zero-order valence-electron chi connectivity index (χ0n) is 14.4. The van der Waals surface area contributed by atoms with Gasteiger partial charge in [-0.25, -0.2) is 0 Å². The van der Waals surface area contributed by atoms with E-state index >= 15 is 0 Å². The highest BCUT2D eigenvalue weighted by molar-refractivity contribution is 6.32. The summed E-state index contributed by atoms with van der Waals surface area (Å²) in [4.78, 5) is 12.4. The molecule has 0 spiro atoms. The molecule has 2 aromatic rings. The number of hydrogen-bond donors (Lipinski definition) is 1. The van der Waals surface area contributed by atoms with E-state index < -0.39 is 35.5 Å². The molecule has 2 rings (SSSR count). The zero-order chi connectivity index (χ0) is 20.5. The molecule has 1 heterocycles. The summed E-state index contributed by atoms with van der Waals surface area (Å²) in [5, 5.41) is 5.35. The number of nitrogens with one attached hydrogen (secondary N) is 1. The summed E-state index contributed by atoms with van der Waals surface area (Å²) in [5.74, 6) is -0.741. The quantitative estimate of drug-likeness (QED) is 0.706. The number of ether oxygens (including phenoxy) is 1. The number of benzene rings is 1. The van der Waals surface area contributed by atoms with Gasteiger partial charge in [-0.15, -0.1) is 0 Å². The Morgan fingerprint density at radius 2 is 1.93 bits per heavy atom. The molecule has 27 heavy (non-hydrogen) atoms. The van der Waals surface area contributed by atoms with Crippen molar-refractivity contribution in [2.75, 3.05) is 5.32 Å². The van der Waals surface area contributed by atoms with Crippen LogP contribution in [0.1, 0.15) is 29.9 Å². The van der Waals surface area contributed by atoms with Gasteiger partial charge in [-0.2, -0.15) is 27.1 Å². The maximum Gasteiger partial charge on any atom is 0.436 e. The van der Waals surface area contributed by atoms with E-state index in [9.17, 15) is 26.7 Å². The lowest BCUT2D eigenvalue weighted by molar-refractivity contribution is -0.141. The molecule has 1 N–H and O–H groups in total. The second kappa shape index (κ2) is 7.71. The number of carbonyl (C=O) groups excluding carboxylic acids is 1. The largest absolute Gasteiger partial charge is 0.436 e. The Balaban J connectivity index is 2.22. The molecule has 0 aliphatic carbocycles. The molecule has 0 fully saturated rings. The summed E-state index contributed by atoms with van der Waals surface area (Å²) in [7, 11) is 0. The third-order valence-electron chi connectivity index (χ3n) is 3.77. The molecule has 0 bridgehead atoms. The molecule has 0 aliphatic rings. The van der Waals surface area contributed by atoms with E-state index in [2.05, 4.69) is 15.2 Å². The van der Waals surface area contributed by atoms with Gasteiger partial charge >= 0.3 is 12.8 Å². The van der Waals surface area contributed by atoms with Crippen molar-refractivity contribution in [3.05, 3.63) is 40.2 Å². The van der Waals surface area contributed by atoms with Crippen molar-refractivity contribution in [3.8, 4) is 5.75 Å². The number of hydrogen-bond acceptors (Lipinski definition) is 3. The number of amides is 1. The van der Waals surface area contributed by atoms with Crippen LogP contribution in [0.25, 0.3) is 0 Å². The smallest absolute Gasteiger partial charge is 0.435 e. The van der Waals surface area contributed by atoms with Crippen LogP contribution < -0.4 is 10.1 Å². The summed E-state index contributed by atoms with van der Waals surface area (Å²) in [5.41, 5.74) is -0.560. The molecule has 0 saturated carbocycles. The van der Waals surface area contributed by atoms with Crippen LogP contribution in [0.2, 0.25) is 5.02 Å². The van der Waals surface area contributed by atoms with Crippen molar-refractivity contribution in [2.24, 2.45) is 0 Å². The Morgan fingerprint density at radius 1 is 1.30 bits per heavy atom. The fourth-order valence-electron chi connectivity index (χ4n) is 2.36. The van der Waals surface area contributed by atoms with E-state index in [4.69, 9.17) is 11.6 Å². The van der Waals surface area contributed by atoms with E-state index in [1.807, 2.05) is 0 Å². The van der Waals surface area contributed by atoms with Gasteiger partial charge in [0.15, 0.2) is 5.69 Å². The number of alkyl halides is 5. The van der Waals surface area contributed by atoms with Gasteiger partial charge in [-0.05, 0) is 44.5 Å².